The third kappa shape index (κ3) is 3.64. The van der Waals surface area contributed by atoms with Crippen molar-refractivity contribution in [2.75, 3.05) is 30.4 Å². The molecule has 1 aromatic heterocycles. The van der Waals surface area contributed by atoms with E-state index in [0.717, 1.165) is 54.3 Å². The number of hydrogen-bond acceptors (Lipinski definition) is 6. The number of nitrogens with one attached hydrogen (secondary N) is 1. The molecule has 3 rings (SSSR count). The fraction of sp³-hybridized carbons (Fsp3) is 0.450. The molecule has 0 radical (unpaired) electrons. The van der Waals surface area contributed by atoms with E-state index in [1.165, 1.54) is 7.11 Å². The Morgan fingerprint density at radius 2 is 1.81 bits per heavy atom. The summed E-state index contributed by atoms with van der Waals surface area (Å²) in [4.78, 5) is 23.0. The first kappa shape index (κ1) is 18.2. The highest BCUT2D eigenvalue weighted by Crippen LogP contribution is 2.29. The number of methoxy groups -OCH3 is 1. The van der Waals surface area contributed by atoms with Crippen LogP contribution in [0.25, 0.3) is 0 Å². The van der Waals surface area contributed by atoms with Crippen LogP contribution in [0, 0.1) is 20.8 Å². The molecule has 1 aliphatic rings. The van der Waals surface area contributed by atoms with E-state index in [2.05, 4.69) is 33.2 Å². The lowest BCUT2D eigenvalue weighted by atomic mass is 9.95. The van der Waals surface area contributed by atoms with E-state index in [0.29, 0.717) is 11.6 Å². The van der Waals surface area contributed by atoms with Crippen LogP contribution < -0.4 is 10.2 Å². The largest absolute Gasteiger partial charge is 0.465 e. The van der Waals surface area contributed by atoms with Crippen molar-refractivity contribution in [2.45, 2.75) is 39.7 Å². The average Bonchev–Trinajstić information content (AvgIpc) is 2.66. The zero-order valence-electron chi connectivity index (χ0n) is 15.9. The predicted octanol–water partition coefficient (Wildman–Crippen LogP) is 3.27. The molecule has 138 valence electrons. The average molecular weight is 354 g/mol. The Hall–Kier alpha value is -2.63. The van der Waals surface area contributed by atoms with Gasteiger partial charge in [-0.15, -0.1) is 0 Å². The highest BCUT2D eigenvalue weighted by Gasteiger charge is 2.23. The van der Waals surface area contributed by atoms with E-state index < -0.39 is 0 Å². The summed E-state index contributed by atoms with van der Waals surface area (Å²) < 4.78 is 4.96. The van der Waals surface area contributed by atoms with Gasteiger partial charge in [-0.25, -0.2) is 14.8 Å². The summed E-state index contributed by atoms with van der Waals surface area (Å²) in [5.41, 5.74) is 4.78. The monoisotopic (exact) mass is 354 g/mol. The molecule has 0 amide bonds. The first-order valence-electron chi connectivity index (χ1n) is 8.99. The zero-order chi connectivity index (χ0) is 18.7. The Morgan fingerprint density at radius 1 is 1.15 bits per heavy atom. The molecular formula is C20H26N4O2. The van der Waals surface area contributed by atoms with Crippen LogP contribution in [0.4, 0.5) is 11.6 Å². The fourth-order valence-electron chi connectivity index (χ4n) is 3.71. The topological polar surface area (TPSA) is 67.3 Å². The molecule has 0 atom stereocenters. The molecule has 0 spiro atoms. The summed E-state index contributed by atoms with van der Waals surface area (Å²) in [5, 5.41) is 3.66. The molecule has 1 aromatic carbocycles. The van der Waals surface area contributed by atoms with Crippen molar-refractivity contribution in [1.82, 2.24) is 9.97 Å². The number of anilines is 2. The van der Waals surface area contributed by atoms with Crippen molar-refractivity contribution in [3.05, 3.63) is 46.8 Å². The number of aryl methyl sites for hydroxylation is 2. The second-order valence-electron chi connectivity index (χ2n) is 6.83. The summed E-state index contributed by atoms with van der Waals surface area (Å²) >= 11 is 0. The van der Waals surface area contributed by atoms with Gasteiger partial charge in [0.25, 0.3) is 0 Å². The molecule has 2 aromatic rings. The van der Waals surface area contributed by atoms with Gasteiger partial charge in [0.15, 0.2) is 0 Å². The second kappa shape index (κ2) is 7.72. The number of aromatic nitrogens is 2. The van der Waals surface area contributed by atoms with Gasteiger partial charge in [0, 0.05) is 37.2 Å². The third-order valence-corrected chi connectivity index (χ3v) is 5.04. The highest BCUT2D eigenvalue weighted by atomic mass is 16.5. The molecule has 1 fully saturated rings. The van der Waals surface area contributed by atoms with Gasteiger partial charge in [-0.3, -0.25) is 0 Å². The Bertz CT molecular complexity index is 784. The van der Waals surface area contributed by atoms with Crippen molar-refractivity contribution in [3.63, 3.8) is 0 Å². The normalized spacial score (nSPS) is 15.0. The van der Waals surface area contributed by atoms with E-state index in [1.807, 2.05) is 19.9 Å². The number of carbonyl (C=O) groups excluding carboxylic acids is 1. The van der Waals surface area contributed by atoms with E-state index in [4.69, 9.17) is 4.74 Å². The number of esters is 1. The molecular weight excluding hydrogens is 328 g/mol. The second-order valence-corrected chi connectivity index (χ2v) is 6.83. The SMILES string of the molecule is COC(=O)c1c(C)cc(C)c(NC2CCN(c3ncccn3)CC2)c1C. The predicted molar refractivity (Wildman–Crippen MR) is 103 cm³/mol. The number of benzene rings is 1. The highest BCUT2D eigenvalue weighted by molar-refractivity contribution is 5.94. The molecule has 0 unspecified atom stereocenters. The summed E-state index contributed by atoms with van der Waals surface area (Å²) in [5.74, 6) is 0.515. The molecule has 2 heterocycles. The van der Waals surface area contributed by atoms with Crippen molar-refractivity contribution < 1.29 is 9.53 Å². The van der Waals surface area contributed by atoms with Crippen LogP contribution >= 0.6 is 0 Å². The lowest BCUT2D eigenvalue weighted by Crippen LogP contribution is -2.40. The maximum Gasteiger partial charge on any atom is 0.338 e. The lowest BCUT2D eigenvalue weighted by molar-refractivity contribution is 0.0599. The molecule has 0 saturated carbocycles. The number of hydrogen-bond donors (Lipinski definition) is 1. The summed E-state index contributed by atoms with van der Waals surface area (Å²) in [6.45, 7) is 7.84. The van der Waals surface area contributed by atoms with Crippen LogP contribution in [0.1, 0.15) is 39.9 Å². The van der Waals surface area contributed by atoms with Crippen LogP contribution in [-0.2, 0) is 4.74 Å². The van der Waals surface area contributed by atoms with E-state index in [9.17, 15) is 4.79 Å². The number of nitrogens with zero attached hydrogens (tertiary/aromatic N) is 3. The van der Waals surface area contributed by atoms with Crippen molar-refractivity contribution in [3.8, 4) is 0 Å². The third-order valence-electron chi connectivity index (χ3n) is 5.04. The van der Waals surface area contributed by atoms with Crippen LogP contribution in [-0.4, -0.2) is 42.2 Å². The van der Waals surface area contributed by atoms with Crippen molar-refractivity contribution in [2.24, 2.45) is 0 Å². The summed E-state index contributed by atoms with van der Waals surface area (Å²) in [7, 11) is 1.43. The molecule has 0 bridgehead atoms. The van der Waals surface area contributed by atoms with Gasteiger partial charge in [-0.2, -0.15) is 0 Å². The molecule has 1 aliphatic heterocycles. The molecule has 0 aliphatic carbocycles. The Labute approximate surface area is 154 Å². The standard InChI is InChI=1S/C20H26N4O2/c1-13-12-14(2)18(15(3)17(13)19(25)26-4)23-16-6-10-24(11-7-16)20-21-8-5-9-22-20/h5,8-9,12,16,23H,6-7,10-11H2,1-4H3. The van der Waals surface area contributed by atoms with Crippen LogP contribution in [0.5, 0.6) is 0 Å². The smallest absolute Gasteiger partial charge is 0.338 e. The number of ether oxygens (including phenoxy) is 1. The van der Waals surface area contributed by atoms with Gasteiger partial charge in [-0.05, 0) is 56.4 Å². The first-order valence-corrected chi connectivity index (χ1v) is 8.99. The van der Waals surface area contributed by atoms with Crippen LogP contribution in [0.3, 0.4) is 0 Å². The van der Waals surface area contributed by atoms with E-state index in [1.54, 1.807) is 12.4 Å². The van der Waals surface area contributed by atoms with Crippen molar-refractivity contribution >= 4 is 17.6 Å². The minimum atomic E-state index is -0.279. The fourth-order valence-corrected chi connectivity index (χ4v) is 3.71. The Balaban J connectivity index is 1.73. The Kier molecular flexibility index (Phi) is 5.40. The number of piperidine rings is 1. The quantitative estimate of drug-likeness (QED) is 0.850. The van der Waals surface area contributed by atoms with Gasteiger partial charge >= 0.3 is 5.97 Å². The van der Waals surface area contributed by atoms with Gasteiger partial charge < -0.3 is 15.0 Å². The molecule has 1 saturated heterocycles. The molecule has 26 heavy (non-hydrogen) atoms. The molecule has 6 nitrogen and oxygen atoms in total. The maximum absolute atomic E-state index is 12.1. The first-order chi connectivity index (χ1) is 12.5. The minimum Gasteiger partial charge on any atom is -0.465 e. The molecule has 1 N–H and O–H groups in total. The number of rotatable bonds is 4. The molecule has 6 heteroatoms. The zero-order valence-corrected chi connectivity index (χ0v) is 15.9. The van der Waals surface area contributed by atoms with Crippen LogP contribution in [0.15, 0.2) is 24.5 Å². The summed E-state index contributed by atoms with van der Waals surface area (Å²) in [6.07, 6.45) is 5.55. The Morgan fingerprint density at radius 3 is 2.42 bits per heavy atom. The maximum atomic E-state index is 12.1. The van der Waals surface area contributed by atoms with E-state index in [-0.39, 0.29) is 5.97 Å². The number of carbonyl (C=O) groups is 1. The van der Waals surface area contributed by atoms with E-state index >= 15 is 0 Å². The van der Waals surface area contributed by atoms with Gasteiger partial charge in [-0.1, -0.05) is 6.07 Å². The van der Waals surface area contributed by atoms with Crippen LogP contribution in [0.2, 0.25) is 0 Å². The van der Waals surface area contributed by atoms with Gasteiger partial charge in [0.1, 0.15) is 0 Å². The van der Waals surface area contributed by atoms with Crippen molar-refractivity contribution in [1.29, 1.82) is 0 Å². The summed E-state index contributed by atoms with van der Waals surface area (Å²) in [6, 6.07) is 4.24. The van der Waals surface area contributed by atoms with Gasteiger partial charge in [0.2, 0.25) is 5.95 Å². The minimum absolute atomic E-state index is 0.279. The lowest BCUT2D eigenvalue weighted by Gasteiger charge is -2.33. The van der Waals surface area contributed by atoms with Gasteiger partial charge in [0.05, 0.1) is 12.7 Å².